The molecule has 0 aliphatic rings. The third-order valence-electron chi connectivity index (χ3n) is 5.08. The minimum absolute atomic E-state index is 0.0525. The number of imidazole rings is 1. The standard InChI is InChI=1S/C24H22N4O2/c1-3-20-16(2)28-15-19(11-12-23(28)27-20)26-24(30)18-9-7-17(8-10-18)14-22(29)21-6-4-5-13-25-21/h4-13,15H,3,14H2,1-2H3,(H,26,30). The fourth-order valence-electron chi connectivity index (χ4n) is 3.40. The van der Waals surface area contributed by atoms with Crippen molar-refractivity contribution in [2.75, 3.05) is 5.32 Å². The maximum atomic E-state index is 12.6. The van der Waals surface area contributed by atoms with E-state index in [1.165, 1.54) is 0 Å². The Morgan fingerprint density at radius 3 is 2.53 bits per heavy atom. The molecule has 0 bridgehead atoms. The van der Waals surface area contributed by atoms with Crippen molar-refractivity contribution in [3.8, 4) is 0 Å². The molecule has 3 heterocycles. The Morgan fingerprint density at radius 1 is 1.03 bits per heavy atom. The van der Waals surface area contributed by atoms with Crippen LogP contribution in [-0.4, -0.2) is 26.1 Å². The molecule has 0 fully saturated rings. The zero-order chi connectivity index (χ0) is 21.1. The highest BCUT2D eigenvalue weighted by Gasteiger charge is 2.11. The summed E-state index contributed by atoms with van der Waals surface area (Å²) in [5.41, 5.74) is 5.50. The maximum absolute atomic E-state index is 12.6. The summed E-state index contributed by atoms with van der Waals surface area (Å²) in [7, 11) is 0. The summed E-state index contributed by atoms with van der Waals surface area (Å²) >= 11 is 0. The van der Waals surface area contributed by atoms with Gasteiger partial charge in [0.15, 0.2) is 5.78 Å². The molecule has 1 aromatic carbocycles. The van der Waals surface area contributed by atoms with Crippen molar-refractivity contribution < 1.29 is 9.59 Å². The first kappa shape index (κ1) is 19.5. The lowest BCUT2D eigenvalue weighted by molar-refractivity contribution is 0.0987. The number of pyridine rings is 2. The van der Waals surface area contributed by atoms with E-state index in [-0.39, 0.29) is 18.1 Å². The number of carbonyl (C=O) groups excluding carboxylic acids is 2. The molecule has 3 aromatic heterocycles. The molecule has 6 nitrogen and oxygen atoms in total. The van der Waals surface area contributed by atoms with Crippen LogP contribution < -0.4 is 5.32 Å². The summed E-state index contributed by atoms with van der Waals surface area (Å²) in [5.74, 6) is -0.256. The highest BCUT2D eigenvalue weighted by atomic mass is 16.1. The van der Waals surface area contributed by atoms with Gasteiger partial charge in [-0.15, -0.1) is 0 Å². The average Bonchev–Trinajstić information content (AvgIpc) is 3.10. The smallest absolute Gasteiger partial charge is 0.255 e. The van der Waals surface area contributed by atoms with Gasteiger partial charge in [0.05, 0.1) is 11.4 Å². The van der Waals surface area contributed by atoms with Gasteiger partial charge in [0.25, 0.3) is 5.91 Å². The largest absolute Gasteiger partial charge is 0.321 e. The van der Waals surface area contributed by atoms with Crippen LogP contribution in [0.2, 0.25) is 0 Å². The number of anilines is 1. The Morgan fingerprint density at radius 2 is 1.83 bits per heavy atom. The molecule has 0 atom stereocenters. The van der Waals surface area contributed by atoms with E-state index in [0.717, 1.165) is 29.0 Å². The van der Waals surface area contributed by atoms with Crippen LogP contribution in [0.25, 0.3) is 5.65 Å². The lowest BCUT2D eigenvalue weighted by Gasteiger charge is -2.07. The average molecular weight is 398 g/mol. The summed E-state index contributed by atoms with van der Waals surface area (Å²) in [6, 6.07) is 16.1. The molecule has 150 valence electrons. The fourth-order valence-corrected chi connectivity index (χ4v) is 3.40. The molecular formula is C24H22N4O2. The molecule has 4 rings (SSSR count). The number of aromatic nitrogens is 3. The second-order valence-electron chi connectivity index (χ2n) is 7.11. The lowest BCUT2D eigenvalue weighted by Crippen LogP contribution is -2.12. The van der Waals surface area contributed by atoms with Crippen LogP contribution in [-0.2, 0) is 12.8 Å². The Balaban J connectivity index is 1.45. The quantitative estimate of drug-likeness (QED) is 0.492. The van der Waals surface area contributed by atoms with Crippen molar-refractivity contribution in [3.63, 3.8) is 0 Å². The number of amides is 1. The highest BCUT2D eigenvalue weighted by molar-refractivity contribution is 6.04. The van der Waals surface area contributed by atoms with Crippen LogP contribution in [0, 0.1) is 6.92 Å². The van der Waals surface area contributed by atoms with Crippen molar-refractivity contribution in [2.24, 2.45) is 0 Å². The summed E-state index contributed by atoms with van der Waals surface area (Å²) in [5, 5.41) is 2.93. The summed E-state index contributed by atoms with van der Waals surface area (Å²) < 4.78 is 1.99. The molecule has 1 N–H and O–H groups in total. The number of benzene rings is 1. The third kappa shape index (κ3) is 3.98. The first-order chi connectivity index (χ1) is 14.5. The number of nitrogens with one attached hydrogen (secondary N) is 1. The molecule has 0 radical (unpaired) electrons. The molecule has 4 aromatic rings. The second kappa shape index (κ2) is 8.29. The number of Topliss-reactive ketones (excluding diaryl/α,β-unsaturated/α-hetero) is 1. The normalized spacial score (nSPS) is 10.9. The van der Waals surface area contributed by atoms with E-state index in [1.807, 2.05) is 29.7 Å². The molecule has 0 unspecified atom stereocenters. The van der Waals surface area contributed by atoms with Crippen molar-refractivity contribution in [3.05, 3.63) is 95.2 Å². The molecule has 0 aliphatic carbocycles. The first-order valence-corrected chi connectivity index (χ1v) is 9.87. The Hall–Kier alpha value is -3.80. The fraction of sp³-hybridized carbons (Fsp3) is 0.167. The highest BCUT2D eigenvalue weighted by Crippen LogP contribution is 2.17. The van der Waals surface area contributed by atoms with Gasteiger partial charge in [-0.2, -0.15) is 0 Å². The number of aryl methyl sites for hydroxylation is 2. The van der Waals surface area contributed by atoms with Crippen LogP contribution in [0.4, 0.5) is 5.69 Å². The van der Waals surface area contributed by atoms with Gasteiger partial charge in [-0.1, -0.05) is 25.1 Å². The Labute approximate surface area is 174 Å². The van der Waals surface area contributed by atoms with Crippen LogP contribution >= 0.6 is 0 Å². The number of fused-ring (bicyclic) bond motifs is 1. The molecule has 0 saturated heterocycles. The number of hydrogen-bond acceptors (Lipinski definition) is 4. The van der Waals surface area contributed by atoms with Crippen molar-refractivity contribution in [1.82, 2.24) is 14.4 Å². The number of nitrogens with zero attached hydrogens (tertiary/aromatic N) is 3. The zero-order valence-electron chi connectivity index (χ0n) is 16.9. The number of ketones is 1. The van der Waals surface area contributed by atoms with Gasteiger partial charge in [0, 0.05) is 30.1 Å². The summed E-state index contributed by atoms with van der Waals surface area (Å²) in [6.45, 7) is 4.10. The van der Waals surface area contributed by atoms with Crippen molar-refractivity contribution in [1.29, 1.82) is 0 Å². The van der Waals surface area contributed by atoms with Gasteiger partial charge in [-0.05, 0) is 55.3 Å². The Kier molecular flexibility index (Phi) is 5.39. The third-order valence-corrected chi connectivity index (χ3v) is 5.08. The zero-order valence-corrected chi connectivity index (χ0v) is 16.9. The van der Waals surface area contributed by atoms with Crippen LogP contribution in [0.15, 0.2) is 67.0 Å². The summed E-state index contributed by atoms with van der Waals surface area (Å²) in [6.07, 6.45) is 4.60. The van der Waals surface area contributed by atoms with Crippen LogP contribution in [0.5, 0.6) is 0 Å². The van der Waals surface area contributed by atoms with Gasteiger partial charge in [-0.25, -0.2) is 4.98 Å². The predicted molar refractivity (Wildman–Crippen MR) is 116 cm³/mol. The summed E-state index contributed by atoms with van der Waals surface area (Å²) in [4.78, 5) is 33.6. The van der Waals surface area contributed by atoms with Gasteiger partial charge in [0.2, 0.25) is 0 Å². The molecule has 30 heavy (non-hydrogen) atoms. The minimum Gasteiger partial charge on any atom is -0.321 e. The molecule has 6 heteroatoms. The van der Waals surface area contributed by atoms with E-state index in [1.54, 1.807) is 48.7 Å². The minimum atomic E-state index is -0.203. The monoisotopic (exact) mass is 398 g/mol. The molecular weight excluding hydrogens is 376 g/mol. The van der Waals surface area contributed by atoms with Gasteiger partial charge < -0.3 is 9.72 Å². The lowest BCUT2D eigenvalue weighted by atomic mass is 10.0. The van der Waals surface area contributed by atoms with Crippen molar-refractivity contribution >= 4 is 23.0 Å². The molecule has 0 saturated carbocycles. The number of rotatable bonds is 6. The van der Waals surface area contributed by atoms with E-state index in [2.05, 4.69) is 22.2 Å². The Bertz CT molecular complexity index is 1210. The number of hydrogen-bond donors (Lipinski definition) is 1. The van der Waals surface area contributed by atoms with Gasteiger partial charge in [0.1, 0.15) is 11.3 Å². The van der Waals surface area contributed by atoms with Gasteiger partial charge in [-0.3, -0.25) is 14.6 Å². The van der Waals surface area contributed by atoms with Crippen molar-refractivity contribution in [2.45, 2.75) is 26.7 Å². The van der Waals surface area contributed by atoms with Crippen LogP contribution in [0.3, 0.4) is 0 Å². The number of carbonyl (C=O) groups is 2. The van der Waals surface area contributed by atoms with Gasteiger partial charge >= 0.3 is 0 Å². The van der Waals surface area contributed by atoms with E-state index < -0.39 is 0 Å². The topological polar surface area (TPSA) is 76.4 Å². The first-order valence-electron chi connectivity index (χ1n) is 9.87. The molecule has 1 amide bonds. The van der Waals surface area contributed by atoms with E-state index in [0.29, 0.717) is 16.9 Å². The maximum Gasteiger partial charge on any atom is 0.255 e. The molecule has 0 aliphatic heterocycles. The van der Waals surface area contributed by atoms with Crippen LogP contribution in [0.1, 0.15) is 44.7 Å². The second-order valence-corrected chi connectivity index (χ2v) is 7.11. The van der Waals surface area contributed by atoms with E-state index in [9.17, 15) is 9.59 Å². The SMILES string of the molecule is CCc1nc2ccc(NC(=O)c3ccc(CC(=O)c4ccccn4)cc3)cn2c1C. The predicted octanol–water partition coefficient (Wildman–Crippen LogP) is 4.28. The van der Waals surface area contributed by atoms with E-state index in [4.69, 9.17) is 0 Å². The molecule has 0 spiro atoms. The van der Waals surface area contributed by atoms with E-state index >= 15 is 0 Å².